The van der Waals surface area contributed by atoms with Gasteiger partial charge in [-0.05, 0) is 0 Å². The van der Waals surface area contributed by atoms with Crippen molar-refractivity contribution in [2.45, 2.75) is 6.04 Å². The lowest BCUT2D eigenvalue weighted by Crippen LogP contribution is -2.56. The summed E-state index contributed by atoms with van der Waals surface area (Å²) in [5.41, 5.74) is 1.91. The van der Waals surface area contributed by atoms with E-state index in [0.29, 0.717) is 11.8 Å². The van der Waals surface area contributed by atoms with Crippen molar-refractivity contribution in [3.05, 3.63) is 17.9 Å². The molecule has 4 nitrogen and oxygen atoms in total. The lowest BCUT2D eigenvalue weighted by Gasteiger charge is -2.42. The summed E-state index contributed by atoms with van der Waals surface area (Å²) in [6.07, 6.45) is 0. The monoisotopic (exact) mass is 237 g/mol. The molecule has 1 atom stereocenters. The number of ether oxygens (including phenoxy) is 1. The second kappa shape index (κ2) is 4.07. The molecule has 2 heterocycles. The zero-order valence-electron chi connectivity index (χ0n) is 9.79. The van der Waals surface area contributed by atoms with E-state index in [1.807, 2.05) is 0 Å². The lowest BCUT2D eigenvalue weighted by atomic mass is 10.1. The maximum Gasteiger partial charge on any atom is 0.167 e. The normalized spacial score (nSPS) is 22.5. The fourth-order valence-electron chi connectivity index (χ4n) is 2.57. The highest BCUT2D eigenvalue weighted by molar-refractivity contribution is 5.75. The molecule has 0 spiro atoms. The number of halogens is 1. The van der Waals surface area contributed by atoms with Crippen molar-refractivity contribution in [1.29, 1.82) is 0 Å². The number of hydrogen-bond acceptors (Lipinski definition) is 4. The van der Waals surface area contributed by atoms with E-state index in [2.05, 4.69) is 15.5 Å². The van der Waals surface area contributed by atoms with Crippen molar-refractivity contribution >= 4 is 11.4 Å². The third kappa shape index (κ3) is 1.70. The second-order valence-corrected chi connectivity index (χ2v) is 4.44. The molecule has 2 aliphatic heterocycles. The summed E-state index contributed by atoms with van der Waals surface area (Å²) < 4.78 is 18.7. The molecule has 1 unspecified atom stereocenters. The van der Waals surface area contributed by atoms with Crippen LogP contribution in [0.25, 0.3) is 0 Å². The third-order valence-corrected chi connectivity index (χ3v) is 3.46. The number of hydrogen-bond donors (Lipinski definition) is 2. The molecule has 1 aromatic rings. The quantitative estimate of drug-likeness (QED) is 0.765. The van der Waals surface area contributed by atoms with Crippen molar-refractivity contribution in [2.24, 2.45) is 0 Å². The maximum atomic E-state index is 13.6. The first-order valence-corrected chi connectivity index (χ1v) is 5.88. The number of nitrogens with one attached hydrogen (secondary N) is 2. The average molecular weight is 237 g/mol. The average Bonchev–Trinajstić information content (AvgIpc) is 2.37. The Morgan fingerprint density at radius 3 is 3.12 bits per heavy atom. The predicted molar refractivity (Wildman–Crippen MR) is 65.4 cm³/mol. The lowest BCUT2D eigenvalue weighted by molar-refractivity contribution is 0.385. The van der Waals surface area contributed by atoms with Crippen LogP contribution in [0.15, 0.2) is 12.1 Å². The molecule has 2 aliphatic rings. The van der Waals surface area contributed by atoms with Crippen LogP contribution in [0.5, 0.6) is 5.75 Å². The Bertz CT molecular complexity index is 438. The van der Waals surface area contributed by atoms with Gasteiger partial charge in [0.1, 0.15) is 0 Å². The summed E-state index contributed by atoms with van der Waals surface area (Å²) in [6.45, 7) is 3.74. The molecule has 0 aliphatic carbocycles. The minimum absolute atomic E-state index is 0.310. The fourth-order valence-corrected chi connectivity index (χ4v) is 2.57. The fraction of sp³-hybridized carbons (Fsp3) is 0.500. The van der Waals surface area contributed by atoms with Gasteiger partial charge in [0, 0.05) is 38.3 Å². The van der Waals surface area contributed by atoms with E-state index < -0.39 is 0 Å². The van der Waals surface area contributed by atoms with Crippen molar-refractivity contribution in [3.8, 4) is 5.75 Å². The van der Waals surface area contributed by atoms with Crippen LogP contribution in [0, 0.1) is 5.82 Å². The summed E-state index contributed by atoms with van der Waals surface area (Å²) >= 11 is 0. The minimum Gasteiger partial charge on any atom is -0.494 e. The van der Waals surface area contributed by atoms with Crippen LogP contribution >= 0.6 is 0 Å². The van der Waals surface area contributed by atoms with Gasteiger partial charge in [0.15, 0.2) is 11.6 Å². The molecular formula is C12H16FN3O. The highest BCUT2D eigenvalue weighted by Gasteiger charge is 2.29. The van der Waals surface area contributed by atoms with Gasteiger partial charge in [-0.3, -0.25) is 0 Å². The first-order valence-electron chi connectivity index (χ1n) is 5.88. The van der Waals surface area contributed by atoms with E-state index in [0.717, 1.165) is 37.6 Å². The zero-order valence-corrected chi connectivity index (χ0v) is 9.79. The van der Waals surface area contributed by atoms with Gasteiger partial charge in [-0.1, -0.05) is 0 Å². The van der Waals surface area contributed by atoms with E-state index in [-0.39, 0.29) is 5.82 Å². The number of anilines is 2. The van der Waals surface area contributed by atoms with Crippen molar-refractivity contribution < 1.29 is 9.13 Å². The van der Waals surface area contributed by atoms with Crippen molar-refractivity contribution in [1.82, 2.24) is 5.32 Å². The Labute approximate surface area is 99.7 Å². The molecule has 3 rings (SSSR count). The van der Waals surface area contributed by atoms with Crippen LogP contribution in [0.1, 0.15) is 0 Å². The van der Waals surface area contributed by atoms with Crippen LogP contribution < -0.4 is 20.3 Å². The van der Waals surface area contributed by atoms with E-state index in [4.69, 9.17) is 4.74 Å². The number of fused-ring (bicyclic) bond motifs is 3. The molecule has 0 aromatic heterocycles. The molecule has 17 heavy (non-hydrogen) atoms. The van der Waals surface area contributed by atoms with Gasteiger partial charge >= 0.3 is 0 Å². The molecule has 1 saturated heterocycles. The van der Waals surface area contributed by atoms with Crippen LogP contribution in [0.2, 0.25) is 0 Å². The number of methoxy groups -OCH3 is 1. The Morgan fingerprint density at radius 1 is 1.41 bits per heavy atom. The molecule has 1 aromatic carbocycles. The van der Waals surface area contributed by atoms with Gasteiger partial charge in [0.25, 0.3) is 0 Å². The summed E-state index contributed by atoms with van der Waals surface area (Å²) in [6, 6.07) is 3.74. The Kier molecular flexibility index (Phi) is 2.55. The Hall–Kier alpha value is -1.49. The molecule has 0 amide bonds. The highest BCUT2D eigenvalue weighted by Crippen LogP contribution is 2.36. The van der Waals surface area contributed by atoms with Crippen LogP contribution in [0.3, 0.4) is 0 Å². The standard InChI is InChI=1S/C12H16FN3O/c1-17-12-5-11-10(4-9(12)13)15-7-8-6-14-2-3-16(8)11/h4-5,8,14-15H,2-3,6-7H2,1H3. The molecule has 0 radical (unpaired) electrons. The molecule has 92 valence electrons. The second-order valence-electron chi connectivity index (χ2n) is 4.44. The van der Waals surface area contributed by atoms with Gasteiger partial charge in [-0.2, -0.15) is 0 Å². The number of rotatable bonds is 1. The molecule has 1 fully saturated rings. The zero-order chi connectivity index (χ0) is 11.8. The van der Waals surface area contributed by atoms with Gasteiger partial charge in [0.2, 0.25) is 0 Å². The summed E-state index contributed by atoms with van der Waals surface area (Å²) in [4.78, 5) is 2.32. The smallest absolute Gasteiger partial charge is 0.167 e. The topological polar surface area (TPSA) is 36.5 Å². The van der Waals surface area contributed by atoms with E-state index >= 15 is 0 Å². The first-order chi connectivity index (χ1) is 8.29. The summed E-state index contributed by atoms with van der Waals surface area (Å²) in [5.74, 6) is -0.00272. The number of piperazine rings is 1. The summed E-state index contributed by atoms with van der Waals surface area (Å²) in [7, 11) is 1.50. The Balaban J connectivity index is 2.02. The maximum absolute atomic E-state index is 13.6. The Morgan fingerprint density at radius 2 is 2.29 bits per heavy atom. The van der Waals surface area contributed by atoms with Crippen LogP contribution in [-0.4, -0.2) is 39.3 Å². The van der Waals surface area contributed by atoms with Crippen LogP contribution in [0.4, 0.5) is 15.8 Å². The summed E-state index contributed by atoms with van der Waals surface area (Å²) in [5, 5.41) is 6.64. The highest BCUT2D eigenvalue weighted by atomic mass is 19.1. The SMILES string of the molecule is COc1cc2c(cc1F)NCC1CNCCN21. The first kappa shape index (κ1) is 10.7. The molecular weight excluding hydrogens is 221 g/mol. The van der Waals surface area contributed by atoms with Crippen molar-refractivity contribution in [3.63, 3.8) is 0 Å². The predicted octanol–water partition coefficient (Wildman–Crippen LogP) is 1.04. The molecule has 0 saturated carbocycles. The van der Waals surface area contributed by atoms with Crippen LogP contribution in [-0.2, 0) is 0 Å². The van der Waals surface area contributed by atoms with E-state index in [1.165, 1.54) is 13.2 Å². The molecule has 5 heteroatoms. The van der Waals surface area contributed by atoms with E-state index in [9.17, 15) is 4.39 Å². The number of nitrogens with zero attached hydrogens (tertiary/aromatic N) is 1. The number of benzene rings is 1. The van der Waals surface area contributed by atoms with E-state index in [1.54, 1.807) is 6.07 Å². The van der Waals surface area contributed by atoms with Crippen molar-refractivity contribution in [2.75, 3.05) is 43.5 Å². The molecule has 0 bridgehead atoms. The third-order valence-electron chi connectivity index (χ3n) is 3.46. The van der Waals surface area contributed by atoms with Gasteiger partial charge in [0.05, 0.1) is 24.5 Å². The van der Waals surface area contributed by atoms with Gasteiger partial charge in [-0.15, -0.1) is 0 Å². The largest absolute Gasteiger partial charge is 0.494 e. The minimum atomic E-state index is -0.313. The van der Waals surface area contributed by atoms with Gasteiger partial charge < -0.3 is 20.3 Å². The van der Waals surface area contributed by atoms with Gasteiger partial charge in [-0.25, -0.2) is 4.39 Å². The molecule has 2 N–H and O–H groups in total.